The summed E-state index contributed by atoms with van der Waals surface area (Å²) in [6.45, 7) is 5.89. The SMILES string of the molecule is C(=C/CN1CCNCC1)/CC1CCCCS1. The van der Waals surface area contributed by atoms with Gasteiger partial charge in [-0.1, -0.05) is 18.6 Å². The molecule has 0 saturated carbocycles. The molecule has 0 aromatic carbocycles. The first-order valence-electron chi connectivity index (χ1n) is 6.65. The molecule has 0 amide bonds. The minimum atomic E-state index is 0.910. The lowest BCUT2D eigenvalue weighted by molar-refractivity contribution is 0.264. The summed E-state index contributed by atoms with van der Waals surface area (Å²) in [6.07, 6.45) is 10.4. The van der Waals surface area contributed by atoms with Crippen molar-refractivity contribution in [2.75, 3.05) is 38.5 Å². The van der Waals surface area contributed by atoms with Gasteiger partial charge in [0, 0.05) is 38.0 Å². The zero-order valence-corrected chi connectivity index (χ0v) is 11.0. The Morgan fingerprint density at radius 3 is 2.81 bits per heavy atom. The summed E-state index contributed by atoms with van der Waals surface area (Å²) in [5.74, 6) is 1.39. The maximum absolute atomic E-state index is 3.39. The van der Waals surface area contributed by atoms with Crippen LogP contribution < -0.4 is 5.32 Å². The molecule has 1 N–H and O–H groups in total. The maximum atomic E-state index is 3.39. The summed E-state index contributed by atoms with van der Waals surface area (Å²) in [6, 6.07) is 0. The van der Waals surface area contributed by atoms with E-state index in [0.717, 1.165) is 24.9 Å². The Bertz CT molecular complexity index is 184. The summed E-state index contributed by atoms with van der Waals surface area (Å²) in [5, 5.41) is 4.30. The molecule has 3 heteroatoms. The van der Waals surface area contributed by atoms with E-state index in [4.69, 9.17) is 0 Å². The number of thioether (sulfide) groups is 1. The molecule has 2 aliphatic rings. The van der Waals surface area contributed by atoms with Gasteiger partial charge in [0.25, 0.3) is 0 Å². The lowest BCUT2D eigenvalue weighted by Gasteiger charge is -2.25. The molecule has 16 heavy (non-hydrogen) atoms. The fourth-order valence-electron chi connectivity index (χ4n) is 2.36. The van der Waals surface area contributed by atoms with Gasteiger partial charge in [0.05, 0.1) is 0 Å². The predicted octanol–water partition coefficient (Wildman–Crippen LogP) is 2.12. The Morgan fingerprint density at radius 2 is 2.06 bits per heavy atom. The number of piperazine rings is 1. The van der Waals surface area contributed by atoms with Crippen LogP contribution in [0.1, 0.15) is 25.7 Å². The molecule has 2 rings (SSSR count). The van der Waals surface area contributed by atoms with Crippen molar-refractivity contribution in [3.05, 3.63) is 12.2 Å². The van der Waals surface area contributed by atoms with Gasteiger partial charge >= 0.3 is 0 Å². The molecule has 0 aromatic heterocycles. The zero-order valence-electron chi connectivity index (χ0n) is 10.2. The number of hydrogen-bond acceptors (Lipinski definition) is 3. The van der Waals surface area contributed by atoms with Gasteiger partial charge in [-0.25, -0.2) is 0 Å². The molecule has 0 aliphatic carbocycles. The van der Waals surface area contributed by atoms with Crippen molar-refractivity contribution >= 4 is 11.8 Å². The smallest absolute Gasteiger partial charge is 0.0164 e. The topological polar surface area (TPSA) is 15.3 Å². The van der Waals surface area contributed by atoms with Gasteiger partial charge in [-0.2, -0.15) is 11.8 Å². The molecule has 0 radical (unpaired) electrons. The fraction of sp³-hybridized carbons (Fsp3) is 0.846. The largest absolute Gasteiger partial charge is 0.314 e. The van der Waals surface area contributed by atoms with E-state index in [-0.39, 0.29) is 0 Å². The highest BCUT2D eigenvalue weighted by Crippen LogP contribution is 2.27. The Balaban J connectivity index is 1.57. The van der Waals surface area contributed by atoms with Gasteiger partial charge in [0.15, 0.2) is 0 Å². The Morgan fingerprint density at radius 1 is 1.19 bits per heavy atom. The number of allylic oxidation sites excluding steroid dienone is 1. The van der Waals surface area contributed by atoms with E-state index in [1.807, 2.05) is 0 Å². The molecule has 2 fully saturated rings. The van der Waals surface area contributed by atoms with Crippen LogP contribution in [0.3, 0.4) is 0 Å². The third-order valence-corrected chi connectivity index (χ3v) is 4.84. The predicted molar refractivity (Wildman–Crippen MR) is 73.2 cm³/mol. The van der Waals surface area contributed by atoms with Crippen LogP contribution in [0.2, 0.25) is 0 Å². The standard InChI is InChI=1S/C13H24N2S/c1(5-13-6-2-4-12-16-13)3-9-15-10-7-14-8-11-15/h1,3,13-14H,2,4-12H2/b3-1-. The van der Waals surface area contributed by atoms with Crippen molar-refractivity contribution < 1.29 is 0 Å². The first-order chi connectivity index (χ1) is 7.95. The Kier molecular flexibility index (Phi) is 5.73. The quantitative estimate of drug-likeness (QED) is 0.758. The highest BCUT2D eigenvalue weighted by atomic mass is 32.2. The van der Waals surface area contributed by atoms with Crippen LogP contribution in [-0.4, -0.2) is 48.6 Å². The molecule has 2 nitrogen and oxygen atoms in total. The maximum Gasteiger partial charge on any atom is 0.0164 e. The number of nitrogens with zero attached hydrogens (tertiary/aromatic N) is 1. The lowest BCUT2D eigenvalue weighted by atomic mass is 10.1. The van der Waals surface area contributed by atoms with E-state index in [2.05, 4.69) is 34.1 Å². The van der Waals surface area contributed by atoms with Crippen LogP contribution in [0.4, 0.5) is 0 Å². The molecular weight excluding hydrogens is 216 g/mol. The average Bonchev–Trinajstić information content (AvgIpc) is 2.37. The average molecular weight is 240 g/mol. The second kappa shape index (κ2) is 7.36. The highest BCUT2D eigenvalue weighted by molar-refractivity contribution is 7.99. The van der Waals surface area contributed by atoms with Crippen molar-refractivity contribution in [2.45, 2.75) is 30.9 Å². The van der Waals surface area contributed by atoms with Gasteiger partial charge in [-0.3, -0.25) is 4.90 Å². The van der Waals surface area contributed by atoms with Crippen molar-refractivity contribution in [1.29, 1.82) is 0 Å². The van der Waals surface area contributed by atoms with E-state index in [9.17, 15) is 0 Å². The first-order valence-corrected chi connectivity index (χ1v) is 7.70. The number of nitrogens with one attached hydrogen (secondary N) is 1. The van der Waals surface area contributed by atoms with E-state index >= 15 is 0 Å². The van der Waals surface area contributed by atoms with Crippen LogP contribution >= 0.6 is 11.8 Å². The van der Waals surface area contributed by atoms with Crippen molar-refractivity contribution in [2.24, 2.45) is 0 Å². The van der Waals surface area contributed by atoms with E-state index in [1.165, 1.54) is 44.5 Å². The Labute approximate surface area is 104 Å². The zero-order chi connectivity index (χ0) is 11.1. The lowest BCUT2D eigenvalue weighted by Crippen LogP contribution is -2.43. The minimum absolute atomic E-state index is 0.910. The molecule has 0 aromatic rings. The van der Waals surface area contributed by atoms with Crippen LogP contribution in [-0.2, 0) is 0 Å². The molecule has 1 atom stereocenters. The van der Waals surface area contributed by atoms with Crippen LogP contribution in [0.15, 0.2) is 12.2 Å². The number of rotatable bonds is 4. The van der Waals surface area contributed by atoms with Gasteiger partial charge < -0.3 is 5.32 Å². The monoisotopic (exact) mass is 240 g/mol. The van der Waals surface area contributed by atoms with Gasteiger partial charge in [0.1, 0.15) is 0 Å². The Hall–Kier alpha value is 0.0100. The number of hydrogen-bond donors (Lipinski definition) is 1. The van der Waals surface area contributed by atoms with E-state index < -0.39 is 0 Å². The summed E-state index contributed by atoms with van der Waals surface area (Å²) in [4.78, 5) is 2.53. The van der Waals surface area contributed by atoms with Crippen LogP contribution in [0.5, 0.6) is 0 Å². The van der Waals surface area contributed by atoms with Crippen LogP contribution in [0.25, 0.3) is 0 Å². The third-order valence-electron chi connectivity index (χ3n) is 3.41. The summed E-state index contributed by atoms with van der Waals surface area (Å²) in [5.41, 5.74) is 0. The molecule has 2 saturated heterocycles. The molecule has 1 unspecified atom stereocenters. The molecule has 2 aliphatic heterocycles. The minimum Gasteiger partial charge on any atom is -0.314 e. The van der Waals surface area contributed by atoms with Gasteiger partial charge in [0.2, 0.25) is 0 Å². The van der Waals surface area contributed by atoms with Crippen LogP contribution in [0, 0.1) is 0 Å². The van der Waals surface area contributed by atoms with Crippen molar-refractivity contribution in [1.82, 2.24) is 10.2 Å². The fourth-order valence-corrected chi connectivity index (χ4v) is 3.64. The van der Waals surface area contributed by atoms with E-state index in [1.54, 1.807) is 0 Å². The molecule has 92 valence electrons. The van der Waals surface area contributed by atoms with Crippen molar-refractivity contribution in [3.63, 3.8) is 0 Å². The second-order valence-electron chi connectivity index (χ2n) is 4.75. The van der Waals surface area contributed by atoms with E-state index in [0.29, 0.717) is 0 Å². The molecule has 2 heterocycles. The van der Waals surface area contributed by atoms with Gasteiger partial charge in [-0.05, 0) is 25.0 Å². The second-order valence-corrected chi connectivity index (χ2v) is 6.15. The normalized spacial score (nSPS) is 28.6. The summed E-state index contributed by atoms with van der Waals surface area (Å²) >= 11 is 2.17. The molecular formula is C13H24N2S. The van der Waals surface area contributed by atoms with Gasteiger partial charge in [-0.15, -0.1) is 0 Å². The third kappa shape index (κ3) is 4.48. The summed E-state index contributed by atoms with van der Waals surface area (Å²) < 4.78 is 0. The molecule has 0 spiro atoms. The molecule has 0 bridgehead atoms. The van der Waals surface area contributed by atoms with Crippen molar-refractivity contribution in [3.8, 4) is 0 Å². The highest BCUT2D eigenvalue weighted by Gasteiger charge is 2.12. The first kappa shape index (κ1) is 12.5. The summed E-state index contributed by atoms with van der Waals surface area (Å²) in [7, 11) is 0.